The van der Waals surface area contributed by atoms with Gasteiger partial charge in [-0.2, -0.15) is 0 Å². The molecule has 4 unspecified atom stereocenters. The van der Waals surface area contributed by atoms with Crippen LogP contribution in [-0.2, 0) is 28.6 Å². The Balaban J connectivity index is 1.99. The summed E-state index contributed by atoms with van der Waals surface area (Å²) in [6, 6.07) is 0. The maximum absolute atomic E-state index is 12.2. The van der Waals surface area contributed by atoms with E-state index < -0.39 is 36.0 Å². The fraction of sp³-hybridized carbons (Fsp3) is 0.450. The maximum atomic E-state index is 12.2. The van der Waals surface area contributed by atoms with Crippen molar-refractivity contribution in [2.75, 3.05) is 0 Å². The van der Waals surface area contributed by atoms with E-state index >= 15 is 0 Å². The van der Waals surface area contributed by atoms with Gasteiger partial charge in [-0.3, -0.25) is 0 Å². The van der Waals surface area contributed by atoms with Gasteiger partial charge in [-0.25, -0.2) is 14.4 Å². The predicted molar refractivity (Wildman–Crippen MR) is 92.8 cm³/mol. The van der Waals surface area contributed by atoms with Crippen molar-refractivity contribution < 1.29 is 28.6 Å². The highest BCUT2D eigenvalue weighted by Gasteiger charge is 2.46. The van der Waals surface area contributed by atoms with Crippen molar-refractivity contribution in [3.8, 4) is 0 Å². The summed E-state index contributed by atoms with van der Waals surface area (Å²) in [6.07, 6.45) is 3.98. The fourth-order valence-corrected chi connectivity index (χ4v) is 3.52. The molecule has 0 aromatic rings. The third-order valence-corrected chi connectivity index (χ3v) is 4.64. The van der Waals surface area contributed by atoms with Crippen LogP contribution in [0.5, 0.6) is 0 Å². The molecule has 0 radical (unpaired) electrons. The Hall–Kier alpha value is -2.63. The van der Waals surface area contributed by atoms with Crippen LogP contribution >= 0.6 is 0 Å². The third kappa shape index (κ3) is 3.64. The number of hydrogen-bond donors (Lipinski definition) is 0. The first-order chi connectivity index (χ1) is 12.2. The summed E-state index contributed by atoms with van der Waals surface area (Å²) < 4.78 is 16.4. The Bertz CT molecular complexity index is 765. The number of allylic oxidation sites excluding steroid dienone is 1. The van der Waals surface area contributed by atoms with Crippen LogP contribution in [0, 0.1) is 5.92 Å². The van der Waals surface area contributed by atoms with Crippen LogP contribution in [0.4, 0.5) is 0 Å². The lowest BCUT2D eigenvalue weighted by atomic mass is 9.85. The highest BCUT2D eigenvalue weighted by atomic mass is 16.6. The molecular formula is C20H22O6. The van der Waals surface area contributed by atoms with E-state index in [0.717, 1.165) is 11.1 Å². The number of rotatable bonds is 2. The van der Waals surface area contributed by atoms with E-state index in [2.05, 4.69) is 6.58 Å². The van der Waals surface area contributed by atoms with E-state index in [1.807, 2.05) is 13.0 Å². The fourth-order valence-electron chi connectivity index (χ4n) is 3.52. The number of hydrogen-bond acceptors (Lipinski definition) is 6. The smallest absolute Gasteiger partial charge is 0.334 e. The van der Waals surface area contributed by atoms with Crippen molar-refractivity contribution in [1.29, 1.82) is 0 Å². The van der Waals surface area contributed by atoms with Gasteiger partial charge in [-0.15, -0.1) is 0 Å². The third-order valence-electron chi connectivity index (χ3n) is 4.64. The van der Waals surface area contributed by atoms with Gasteiger partial charge in [0.15, 0.2) is 0 Å². The Kier molecular flexibility index (Phi) is 4.85. The summed E-state index contributed by atoms with van der Waals surface area (Å²) in [5, 5.41) is 0. The molecule has 3 aliphatic rings. The van der Waals surface area contributed by atoms with Crippen LogP contribution < -0.4 is 0 Å². The van der Waals surface area contributed by atoms with E-state index in [4.69, 9.17) is 14.2 Å². The highest BCUT2D eigenvalue weighted by Crippen LogP contribution is 2.38. The lowest BCUT2D eigenvalue weighted by Gasteiger charge is -2.26. The molecule has 138 valence electrons. The van der Waals surface area contributed by atoms with E-state index in [0.29, 0.717) is 12.0 Å². The predicted octanol–water partition coefficient (Wildman–Crippen LogP) is 2.55. The molecule has 2 heterocycles. The number of carbonyl (C=O) groups excluding carboxylic acids is 3. The summed E-state index contributed by atoms with van der Waals surface area (Å²) in [6.45, 7) is 9.28. The minimum atomic E-state index is -0.748. The summed E-state index contributed by atoms with van der Waals surface area (Å²) >= 11 is 0. The van der Waals surface area contributed by atoms with Crippen LogP contribution in [0.15, 0.2) is 47.1 Å². The molecular weight excluding hydrogens is 336 g/mol. The Labute approximate surface area is 152 Å². The molecule has 6 heteroatoms. The molecule has 0 saturated carbocycles. The van der Waals surface area contributed by atoms with Crippen LogP contribution in [0.1, 0.15) is 33.6 Å². The Morgan fingerprint density at radius 3 is 2.62 bits per heavy atom. The van der Waals surface area contributed by atoms with Gasteiger partial charge in [-0.1, -0.05) is 17.7 Å². The van der Waals surface area contributed by atoms with Gasteiger partial charge in [0.2, 0.25) is 0 Å². The molecule has 1 aliphatic carbocycles. The zero-order valence-electron chi connectivity index (χ0n) is 15.1. The standard InChI is InChI=1S/C20H22O6/c1-10(2)5-17(21)25-16-9-13-8-14(24-20(13)23)6-11(3)7-15-18(16)12(4)19(22)26-15/h5,7-8,14-16,18H,4,6,9H2,1-3H3. The van der Waals surface area contributed by atoms with Crippen molar-refractivity contribution in [2.45, 2.75) is 51.9 Å². The molecule has 4 atom stereocenters. The Morgan fingerprint density at radius 1 is 1.19 bits per heavy atom. The van der Waals surface area contributed by atoms with E-state index in [-0.39, 0.29) is 18.1 Å². The molecule has 0 aromatic carbocycles. The quantitative estimate of drug-likeness (QED) is 0.327. The monoisotopic (exact) mass is 358 g/mol. The molecule has 2 aliphatic heterocycles. The normalized spacial score (nSPS) is 30.5. The van der Waals surface area contributed by atoms with Crippen LogP contribution in [0.25, 0.3) is 0 Å². The summed E-state index contributed by atoms with van der Waals surface area (Å²) in [5.74, 6) is -1.99. The van der Waals surface area contributed by atoms with Crippen LogP contribution in [0.2, 0.25) is 0 Å². The van der Waals surface area contributed by atoms with Crippen molar-refractivity contribution >= 4 is 17.9 Å². The summed E-state index contributed by atoms with van der Waals surface area (Å²) in [4.78, 5) is 36.4. The van der Waals surface area contributed by atoms with Crippen molar-refractivity contribution in [3.63, 3.8) is 0 Å². The topological polar surface area (TPSA) is 78.9 Å². The second-order valence-corrected chi connectivity index (χ2v) is 7.17. The van der Waals surface area contributed by atoms with Crippen LogP contribution in [0.3, 0.4) is 0 Å². The maximum Gasteiger partial charge on any atom is 0.334 e. The average Bonchev–Trinajstić information content (AvgIpc) is 2.97. The first-order valence-corrected chi connectivity index (χ1v) is 8.59. The van der Waals surface area contributed by atoms with E-state index in [9.17, 15) is 14.4 Å². The molecule has 6 nitrogen and oxygen atoms in total. The SMILES string of the molecule is C=C1C(=O)OC2C=C(C)CC3C=C(CC(OC(=O)C=C(C)C)C12)C(=O)O3. The summed E-state index contributed by atoms with van der Waals surface area (Å²) in [7, 11) is 0. The number of esters is 3. The van der Waals surface area contributed by atoms with E-state index in [1.54, 1.807) is 19.9 Å². The number of ether oxygens (including phenoxy) is 3. The van der Waals surface area contributed by atoms with Gasteiger partial charge in [-0.05, 0) is 32.9 Å². The Morgan fingerprint density at radius 2 is 1.92 bits per heavy atom. The molecule has 1 saturated heterocycles. The zero-order chi connectivity index (χ0) is 19.0. The lowest BCUT2D eigenvalue weighted by molar-refractivity contribution is -0.147. The van der Waals surface area contributed by atoms with Gasteiger partial charge >= 0.3 is 17.9 Å². The second-order valence-electron chi connectivity index (χ2n) is 7.17. The average molecular weight is 358 g/mol. The molecule has 0 spiro atoms. The number of carbonyl (C=O) groups is 3. The molecule has 0 aromatic heterocycles. The van der Waals surface area contributed by atoms with Gasteiger partial charge in [0.1, 0.15) is 18.3 Å². The van der Waals surface area contributed by atoms with Crippen LogP contribution in [-0.4, -0.2) is 36.2 Å². The number of fused-ring (bicyclic) bond motifs is 2. The minimum absolute atomic E-state index is 0.154. The first-order valence-electron chi connectivity index (χ1n) is 8.59. The minimum Gasteiger partial charge on any atom is -0.458 e. The van der Waals surface area contributed by atoms with Crippen molar-refractivity contribution in [2.24, 2.45) is 5.92 Å². The van der Waals surface area contributed by atoms with Crippen molar-refractivity contribution in [1.82, 2.24) is 0 Å². The lowest BCUT2D eigenvalue weighted by Crippen LogP contribution is -2.33. The molecule has 26 heavy (non-hydrogen) atoms. The summed E-state index contributed by atoms with van der Waals surface area (Å²) in [5.41, 5.74) is 2.41. The molecule has 1 fully saturated rings. The molecule has 3 rings (SSSR count). The molecule has 0 amide bonds. The highest BCUT2D eigenvalue weighted by molar-refractivity contribution is 5.93. The van der Waals surface area contributed by atoms with E-state index in [1.165, 1.54) is 6.08 Å². The van der Waals surface area contributed by atoms with Gasteiger partial charge < -0.3 is 14.2 Å². The second kappa shape index (κ2) is 6.94. The first kappa shape index (κ1) is 18.2. The largest absolute Gasteiger partial charge is 0.458 e. The zero-order valence-corrected chi connectivity index (χ0v) is 15.1. The van der Waals surface area contributed by atoms with Gasteiger partial charge in [0, 0.05) is 30.1 Å². The van der Waals surface area contributed by atoms with Crippen molar-refractivity contribution in [3.05, 3.63) is 47.1 Å². The molecule has 2 bridgehead atoms. The molecule has 0 N–H and O–H groups in total. The van der Waals surface area contributed by atoms with Gasteiger partial charge in [0.05, 0.1) is 5.92 Å². The van der Waals surface area contributed by atoms with Gasteiger partial charge in [0.25, 0.3) is 0 Å².